The van der Waals surface area contributed by atoms with Crippen LogP contribution in [0.25, 0.3) is 6.08 Å². The second kappa shape index (κ2) is 10.9. The van der Waals surface area contributed by atoms with Crippen molar-refractivity contribution in [3.63, 3.8) is 0 Å². The van der Waals surface area contributed by atoms with Crippen molar-refractivity contribution in [2.45, 2.75) is 25.8 Å². The second-order valence-electron chi connectivity index (χ2n) is 7.93. The average Bonchev–Trinajstić information content (AvgIpc) is 3.06. The Morgan fingerprint density at radius 2 is 1.78 bits per heavy atom. The minimum Gasteiger partial charge on any atom is -0.503 e. The van der Waals surface area contributed by atoms with Crippen molar-refractivity contribution in [1.82, 2.24) is 4.90 Å². The highest BCUT2D eigenvalue weighted by Gasteiger charge is 2.42. The van der Waals surface area contributed by atoms with Gasteiger partial charge in [-0.25, -0.2) is 0 Å². The Labute approximate surface area is 188 Å². The molecule has 6 nitrogen and oxygen atoms in total. The van der Waals surface area contributed by atoms with E-state index in [9.17, 15) is 14.7 Å². The third-order valence-corrected chi connectivity index (χ3v) is 5.43. The van der Waals surface area contributed by atoms with Crippen LogP contribution in [-0.2, 0) is 14.3 Å². The number of benzene rings is 2. The summed E-state index contributed by atoms with van der Waals surface area (Å²) in [5.74, 6) is -1.22. The number of rotatable bonds is 10. The Hall–Kier alpha value is -3.22. The molecule has 0 saturated heterocycles. The number of carbonyl (C=O) groups is 2. The Morgan fingerprint density at radius 1 is 1.09 bits per heavy atom. The van der Waals surface area contributed by atoms with Gasteiger partial charge < -0.3 is 19.8 Å². The monoisotopic (exact) mass is 435 g/mol. The number of amides is 1. The highest BCUT2D eigenvalue weighted by Crippen LogP contribution is 2.38. The van der Waals surface area contributed by atoms with Crippen LogP contribution < -0.4 is 0 Å². The topological polar surface area (TPSA) is 87.1 Å². The molecule has 6 heteroatoms. The number of ketones is 1. The lowest BCUT2D eigenvalue weighted by atomic mass is 9.93. The molecule has 2 aromatic carbocycles. The highest BCUT2D eigenvalue weighted by molar-refractivity contribution is 6.14. The molecule has 2 aromatic rings. The van der Waals surface area contributed by atoms with Gasteiger partial charge in [-0.1, -0.05) is 74.5 Å². The zero-order chi connectivity index (χ0) is 23.1. The fourth-order valence-corrected chi connectivity index (χ4v) is 3.70. The summed E-state index contributed by atoms with van der Waals surface area (Å²) >= 11 is 0. The van der Waals surface area contributed by atoms with Crippen molar-refractivity contribution < 1.29 is 24.5 Å². The van der Waals surface area contributed by atoms with Gasteiger partial charge in [0.2, 0.25) is 0 Å². The first-order chi connectivity index (χ1) is 15.4. The molecular formula is C26H29NO5. The normalized spacial score (nSPS) is 16.6. The van der Waals surface area contributed by atoms with Gasteiger partial charge in [0.15, 0.2) is 11.5 Å². The molecule has 3 rings (SSSR count). The summed E-state index contributed by atoms with van der Waals surface area (Å²) in [5.41, 5.74) is 2.78. The second-order valence-corrected chi connectivity index (χ2v) is 7.93. The summed E-state index contributed by atoms with van der Waals surface area (Å²) < 4.78 is 5.32. The molecule has 0 bridgehead atoms. The van der Waals surface area contributed by atoms with Crippen molar-refractivity contribution in [1.29, 1.82) is 0 Å². The molecule has 1 atom stereocenters. The summed E-state index contributed by atoms with van der Waals surface area (Å²) in [6.07, 6.45) is 3.05. The van der Waals surface area contributed by atoms with Gasteiger partial charge in [-0.05, 0) is 28.7 Å². The van der Waals surface area contributed by atoms with Gasteiger partial charge in [-0.3, -0.25) is 9.59 Å². The molecule has 32 heavy (non-hydrogen) atoms. The van der Waals surface area contributed by atoms with Crippen molar-refractivity contribution in [2.24, 2.45) is 0 Å². The SMILES string of the molecule is CC(C)c1ccc([C@H]2C(C(=O)/C=C/c3ccccc3)=C(O)C(=O)N2CCOCCO)cc1. The van der Waals surface area contributed by atoms with Crippen LogP contribution in [0.2, 0.25) is 0 Å². The molecule has 0 radical (unpaired) electrons. The van der Waals surface area contributed by atoms with E-state index < -0.39 is 23.5 Å². The van der Waals surface area contributed by atoms with E-state index in [0.717, 1.165) is 16.7 Å². The van der Waals surface area contributed by atoms with Crippen LogP contribution in [0.5, 0.6) is 0 Å². The molecule has 168 valence electrons. The van der Waals surface area contributed by atoms with E-state index in [1.807, 2.05) is 54.6 Å². The molecule has 1 aliphatic rings. The molecule has 1 amide bonds. The van der Waals surface area contributed by atoms with E-state index in [4.69, 9.17) is 9.84 Å². The fraction of sp³-hybridized carbons (Fsp3) is 0.308. The molecule has 0 saturated carbocycles. The Morgan fingerprint density at radius 3 is 2.41 bits per heavy atom. The molecule has 1 aliphatic heterocycles. The number of allylic oxidation sites excluding steroid dienone is 1. The zero-order valence-corrected chi connectivity index (χ0v) is 18.4. The predicted octanol–water partition coefficient (Wildman–Crippen LogP) is 3.80. The van der Waals surface area contributed by atoms with Crippen molar-refractivity contribution in [2.75, 3.05) is 26.4 Å². The van der Waals surface area contributed by atoms with Crippen LogP contribution in [0.3, 0.4) is 0 Å². The van der Waals surface area contributed by atoms with E-state index in [1.165, 1.54) is 11.0 Å². The summed E-state index contributed by atoms with van der Waals surface area (Å²) in [6.45, 7) is 4.58. The highest BCUT2D eigenvalue weighted by atomic mass is 16.5. The van der Waals surface area contributed by atoms with Crippen molar-refractivity contribution >= 4 is 17.8 Å². The van der Waals surface area contributed by atoms with E-state index in [0.29, 0.717) is 5.92 Å². The first-order valence-electron chi connectivity index (χ1n) is 10.7. The maximum Gasteiger partial charge on any atom is 0.290 e. The third kappa shape index (κ3) is 5.33. The van der Waals surface area contributed by atoms with Crippen LogP contribution in [0, 0.1) is 0 Å². The third-order valence-electron chi connectivity index (χ3n) is 5.43. The number of aliphatic hydroxyl groups is 2. The number of ether oxygens (including phenoxy) is 1. The molecule has 0 spiro atoms. The molecule has 0 unspecified atom stereocenters. The van der Waals surface area contributed by atoms with Crippen LogP contribution in [0.1, 0.15) is 42.5 Å². The van der Waals surface area contributed by atoms with Crippen LogP contribution in [0.4, 0.5) is 0 Å². The quantitative estimate of drug-likeness (QED) is 0.438. The largest absolute Gasteiger partial charge is 0.503 e. The van der Waals surface area contributed by atoms with E-state index in [1.54, 1.807) is 6.08 Å². The average molecular weight is 436 g/mol. The lowest BCUT2D eigenvalue weighted by Gasteiger charge is -2.26. The van der Waals surface area contributed by atoms with Gasteiger partial charge >= 0.3 is 0 Å². The minimum absolute atomic E-state index is 0.0571. The van der Waals surface area contributed by atoms with Crippen LogP contribution in [-0.4, -0.2) is 53.2 Å². The minimum atomic E-state index is -0.714. The summed E-state index contributed by atoms with van der Waals surface area (Å²) in [7, 11) is 0. The number of aliphatic hydroxyl groups excluding tert-OH is 2. The number of nitrogens with zero attached hydrogens (tertiary/aromatic N) is 1. The summed E-state index contributed by atoms with van der Waals surface area (Å²) in [5, 5.41) is 19.5. The van der Waals surface area contributed by atoms with Gasteiger partial charge in [-0.15, -0.1) is 0 Å². The fourth-order valence-electron chi connectivity index (χ4n) is 3.70. The van der Waals surface area contributed by atoms with E-state index >= 15 is 0 Å². The predicted molar refractivity (Wildman–Crippen MR) is 123 cm³/mol. The van der Waals surface area contributed by atoms with Gasteiger partial charge in [0, 0.05) is 6.54 Å². The maximum atomic E-state index is 13.1. The first kappa shape index (κ1) is 23.4. The lowest BCUT2D eigenvalue weighted by molar-refractivity contribution is -0.130. The Kier molecular flexibility index (Phi) is 7.98. The lowest BCUT2D eigenvalue weighted by Crippen LogP contribution is -2.34. The van der Waals surface area contributed by atoms with Crippen molar-refractivity contribution in [3.8, 4) is 0 Å². The number of hydrogen-bond donors (Lipinski definition) is 2. The molecule has 0 fully saturated rings. The summed E-state index contributed by atoms with van der Waals surface area (Å²) in [4.78, 5) is 27.4. The van der Waals surface area contributed by atoms with Crippen molar-refractivity contribution in [3.05, 3.63) is 88.7 Å². The Balaban J connectivity index is 1.93. The zero-order valence-electron chi connectivity index (χ0n) is 18.4. The first-order valence-corrected chi connectivity index (χ1v) is 10.7. The number of carbonyl (C=O) groups excluding carboxylic acids is 2. The summed E-state index contributed by atoms with van der Waals surface area (Å²) in [6, 6.07) is 16.4. The van der Waals surface area contributed by atoms with E-state index in [2.05, 4.69) is 13.8 Å². The molecule has 1 heterocycles. The molecule has 0 aliphatic carbocycles. The van der Waals surface area contributed by atoms with E-state index in [-0.39, 0.29) is 31.9 Å². The molecule has 2 N–H and O–H groups in total. The Bertz CT molecular complexity index is 993. The maximum absolute atomic E-state index is 13.1. The molecule has 0 aromatic heterocycles. The number of hydrogen-bond acceptors (Lipinski definition) is 5. The van der Waals surface area contributed by atoms with Gasteiger partial charge in [0.05, 0.1) is 31.4 Å². The molecular weight excluding hydrogens is 406 g/mol. The smallest absolute Gasteiger partial charge is 0.290 e. The van der Waals surface area contributed by atoms with Crippen LogP contribution >= 0.6 is 0 Å². The van der Waals surface area contributed by atoms with Gasteiger partial charge in [0.1, 0.15) is 0 Å². The standard InChI is InChI=1S/C26H29NO5/c1-18(2)20-9-11-21(12-10-20)24-23(22(29)13-8-19-6-4-3-5-7-19)25(30)26(31)27(24)14-16-32-17-15-28/h3-13,18,24,28,30H,14-17H2,1-2H3/b13-8+/t24-/m0/s1. The van der Waals surface area contributed by atoms with Crippen LogP contribution in [0.15, 0.2) is 72.0 Å². The van der Waals surface area contributed by atoms with Gasteiger partial charge in [-0.2, -0.15) is 0 Å². The van der Waals surface area contributed by atoms with Gasteiger partial charge in [0.25, 0.3) is 5.91 Å².